The first-order valence-electron chi connectivity index (χ1n) is 10.1. The van der Waals surface area contributed by atoms with Gasteiger partial charge in [0.2, 0.25) is 23.6 Å². The van der Waals surface area contributed by atoms with Crippen molar-refractivity contribution < 1.29 is 19.2 Å². The Morgan fingerprint density at radius 1 is 1.20 bits per heavy atom. The summed E-state index contributed by atoms with van der Waals surface area (Å²) >= 11 is 6.05. The normalized spacial score (nSPS) is 21.4. The quantitative estimate of drug-likeness (QED) is 0.529. The number of likely N-dealkylation sites (N-methyl/N-ethyl adjacent to an activating group) is 1. The summed E-state index contributed by atoms with van der Waals surface area (Å²) in [5.74, 6) is -1.64. The van der Waals surface area contributed by atoms with Crippen LogP contribution >= 0.6 is 11.6 Å². The maximum atomic E-state index is 13.0. The highest BCUT2D eigenvalue weighted by atomic mass is 35.5. The number of hydrogen-bond donors (Lipinski definition) is 1. The van der Waals surface area contributed by atoms with E-state index in [2.05, 4.69) is 5.32 Å². The third-order valence-corrected chi connectivity index (χ3v) is 6.04. The molecule has 1 fully saturated rings. The van der Waals surface area contributed by atoms with Gasteiger partial charge in [0.1, 0.15) is 6.04 Å². The predicted molar refractivity (Wildman–Crippen MR) is 112 cm³/mol. The predicted octanol–water partition coefficient (Wildman–Crippen LogP) is 2.14. The first kappa shape index (κ1) is 22.0. The van der Waals surface area contributed by atoms with Crippen LogP contribution in [0.5, 0.6) is 0 Å². The lowest BCUT2D eigenvalue weighted by atomic mass is 9.85. The first-order chi connectivity index (χ1) is 14.3. The van der Waals surface area contributed by atoms with Gasteiger partial charge < -0.3 is 10.2 Å². The zero-order valence-corrected chi connectivity index (χ0v) is 17.9. The minimum atomic E-state index is -0.710. The van der Waals surface area contributed by atoms with Crippen molar-refractivity contribution in [3.05, 3.63) is 47.0 Å². The van der Waals surface area contributed by atoms with Gasteiger partial charge in [0, 0.05) is 31.6 Å². The molecule has 1 saturated heterocycles. The number of carbonyl (C=O) groups is 4. The van der Waals surface area contributed by atoms with Crippen LogP contribution in [0.1, 0.15) is 31.7 Å². The summed E-state index contributed by atoms with van der Waals surface area (Å²) in [4.78, 5) is 53.1. The van der Waals surface area contributed by atoms with E-state index in [0.29, 0.717) is 17.9 Å². The molecular formula is C22H26ClN3O4. The van der Waals surface area contributed by atoms with Crippen LogP contribution < -0.4 is 5.32 Å². The van der Waals surface area contributed by atoms with Crippen LogP contribution in [0.4, 0.5) is 0 Å². The Labute approximate surface area is 181 Å². The van der Waals surface area contributed by atoms with E-state index in [1.807, 2.05) is 18.2 Å². The van der Waals surface area contributed by atoms with Crippen molar-refractivity contribution in [2.75, 3.05) is 13.6 Å². The molecule has 1 N–H and O–H groups in total. The Hall–Kier alpha value is -2.67. The summed E-state index contributed by atoms with van der Waals surface area (Å²) in [6, 6.07) is 6.37. The summed E-state index contributed by atoms with van der Waals surface area (Å²) < 4.78 is 0. The van der Waals surface area contributed by atoms with Crippen LogP contribution in [0.3, 0.4) is 0 Å². The Kier molecular flexibility index (Phi) is 6.92. The largest absolute Gasteiger partial charge is 0.357 e. The van der Waals surface area contributed by atoms with Gasteiger partial charge in [-0.2, -0.15) is 0 Å². The number of nitrogens with one attached hydrogen (secondary N) is 1. The van der Waals surface area contributed by atoms with E-state index < -0.39 is 6.04 Å². The number of nitrogens with zero attached hydrogens (tertiary/aromatic N) is 2. The molecule has 1 aromatic rings. The lowest BCUT2D eigenvalue weighted by Crippen LogP contribution is -2.47. The van der Waals surface area contributed by atoms with E-state index >= 15 is 0 Å². The van der Waals surface area contributed by atoms with Gasteiger partial charge in [-0.1, -0.05) is 35.9 Å². The maximum absolute atomic E-state index is 13.0. The van der Waals surface area contributed by atoms with E-state index in [4.69, 9.17) is 11.6 Å². The number of rotatable bonds is 7. The topological polar surface area (TPSA) is 86.8 Å². The summed E-state index contributed by atoms with van der Waals surface area (Å²) in [7, 11) is 1.51. The molecule has 0 bridgehead atoms. The van der Waals surface area contributed by atoms with Crippen molar-refractivity contribution in [1.29, 1.82) is 0 Å². The summed E-state index contributed by atoms with van der Waals surface area (Å²) in [6.45, 7) is 1.87. The van der Waals surface area contributed by atoms with Crippen LogP contribution in [0.25, 0.3) is 0 Å². The van der Waals surface area contributed by atoms with Crippen LogP contribution in [0, 0.1) is 11.8 Å². The van der Waals surface area contributed by atoms with Gasteiger partial charge in [-0.3, -0.25) is 24.1 Å². The van der Waals surface area contributed by atoms with Gasteiger partial charge in [0.25, 0.3) is 0 Å². The highest BCUT2D eigenvalue weighted by Gasteiger charge is 2.47. The molecule has 1 unspecified atom stereocenters. The van der Waals surface area contributed by atoms with Gasteiger partial charge in [0.15, 0.2) is 0 Å². The average Bonchev–Trinajstić information content (AvgIpc) is 2.99. The van der Waals surface area contributed by atoms with E-state index in [9.17, 15) is 19.2 Å². The maximum Gasteiger partial charge on any atom is 0.242 e. The molecular weight excluding hydrogens is 406 g/mol. The fourth-order valence-electron chi connectivity index (χ4n) is 4.06. The standard InChI is InChI=1S/C22H26ClN3O4/c1-14(20(28)24-2)26(13-15-6-5-7-16(23)12-15)19(27)10-11-25-21(29)17-8-3-4-9-18(17)22(25)30/h3-7,12,14,17-18H,8-11,13H2,1-2H3,(H,24,28)/t14?,17-,18+. The van der Waals surface area contributed by atoms with Crippen LogP contribution in [0.2, 0.25) is 5.02 Å². The van der Waals surface area contributed by atoms with Crippen LogP contribution in [-0.4, -0.2) is 53.1 Å². The lowest BCUT2D eigenvalue weighted by Gasteiger charge is -2.29. The summed E-state index contributed by atoms with van der Waals surface area (Å²) in [5, 5.41) is 3.10. The highest BCUT2D eigenvalue weighted by molar-refractivity contribution is 6.30. The molecule has 0 aromatic heterocycles. The Bertz CT molecular complexity index is 859. The number of fused-ring (bicyclic) bond motifs is 1. The number of allylic oxidation sites excluding steroid dienone is 2. The summed E-state index contributed by atoms with van der Waals surface area (Å²) in [6.07, 6.45) is 4.95. The number of likely N-dealkylation sites (tertiary alicyclic amines) is 1. The minimum absolute atomic E-state index is 0.0238. The van der Waals surface area contributed by atoms with Gasteiger partial charge in [-0.25, -0.2) is 0 Å². The van der Waals surface area contributed by atoms with Gasteiger partial charge in [-0.15, -0.1) is 0 Å². The van der Waals surface area contributed by atoms with Crippen molar-refractivity contribution in [3.63, 3.8) is 0 Å². The fraction of sp³-hybridized carbons (Fsp3) is 0.455. The van der Waals surface area contributed by atoms with Crippen molar-refractivity contribution in [2.24, 2.45) is 11.8 Å². The van der Waals surface area contributed by atoms with Crippen molar-refractivity contribution in [3.8, 4) is 0 Å². The fourth-order valence-corrected chi connectivity index (χ4v) is 4.28. The Balaban J connectivity index is 1.70. The number of carbonyl (C=O) groups excluding carboxylic acids is 4. The molecule has 3 rings (SSSR count). The van der Waals surface area contributed by atoms with E-state index in [1.54, 1.807) is 25.1 Å². The second kappa shape index (κ2) is 9.43. The molecule has 4 amide bonds. The Morgan fingerprint density at radius 3 is 2.40 bits per heavy atom. The molecule has 30 heavy (non-hydrogen) atoms. The molecule has 1 aromatic carbocycles. The molecule has 3 atom stereocenters. The third kappa shape index (κ3) is 4.56. The molecule has 160 valence electrons. The zero-order valence-electron chi connectivity index (χ0n) is 17.1. The molecule has 1 aliphatic heterocycles. The minimum Gasteiger partial charge on any atom is -0.357 e. The SMILES string of the molecule is CNC(=O)C(C)N(Cc1cccc(Cl)c1)C(=O)CCN1C(=O)[C@H]2CC=CC[C@H]2C1=O. The number of amides is 4. The van der Waals surface area contributed by atoms with E-state index in [-0.39, 0.29) is 55.0 Å². The molecule has 7 nitrogen and oxygen atoms in total. The van der Waals surface area contributed by atoms with Crippen LogP contribution in [-0.2, 0) is 25.7 Å². The molecule has 0 saturated carbocycles. The second-order valence-electron chi connectivity index (χ2n) is 7.68. The van der Waals surface area contributed by atoms with Gasteiger partial charge in [0.05, 0.1) is 11.8 Å². The van der Waals surface area contributed by atoms with Crippen molar-refractivity contribution >= 4 is 35.2 Å². The van der Waals surface area contributed by atoms with E-state index in [0.717, 1.165) is 5.56 Å². The first-order valence-corrected chi connectivity index (χ1v) is 10.5. The molecule has 0 radical (unpaired) electrons. The molecule has 1 aliphatic carbocycles. The molecule has 0 spiro atoms. The lowest BCUT2D eigenvalue weighted by molar-refractivity contribution is -0.143. The van der Waals surface area contributed by atoms with Crippen molar-refractivity contribution in [1.82, 2.24) is 15.1 Å². The molecule has 8 heteroatoms. The van der Waals surface area contributed by atoms with Gasteiger partial charge in [-0.05, 0) is 37.5 Å². The number of imide groups is 1. The monoisotopic (exact) mass is 431 g/mol. The van der Waals surface area contributed by atoms with E-state index in [1.165, 1.54) is 16.8 Å². The van der Waals surface area contributed by atoms with Crippen molar-refractivity contribution in [2.45, 2.75) is 38.8 Å². The Morgan fingerprint density at radius 2 is 1.83 bits per heavy atom. The number of hydrogen-bond acceptors (Lipinski definition) is 4. The molecule has 1 heterocycles. The zero-order chi connectivity index (χ0) is 21.8. The average molecular weight is 432 g/mol. The third-order valence-electron chi connectivity index (χ3n) is 5.80. The smallest absolute Gasteiger partial charge is 0.242 e. The highest BCUT2D eigenvalue weighted by Crippen LogP contribution is 2.35. The summed E-state index contributed by atoms with van der Waals surface area (Å²) in [5.41, 5.74) is 0.789. The van der Waals surface area contributed by atoms with Gasteiger partial charge >= 0.3 is 0 Å². The van der Waals surface area contributed by atoms with Crippen LogP contribution in [0.15, 0.2) is 36.4 Å². The number of benzene rings is 1. The number of halogens is 1. The second-order valence-corrected chi connectivity index (χ2v) is 8.11. The molecule has 2 aliphatic rings.